The van der Waals surface area contributed by atoms with Crippen molar-refractivity contribution in [2.45, 2.75) is 38.6 Å². The molecule has 1 unspecified atom stereocenters. The van der Waals surface area contributed by atoms with Gasteiger partial charge in [0.15, 0.2) is 5.82 Å². The Morgan fingerprint density at radius 3 is 2.91 bits per heavy atom. The van der Waals surface area contributed by atoms with Gasteiger partial charge in [0.2, 0.25) is 5.95 Å². The number of hydrogen-bond donors (Lipinski definition) is 1. The van der Waals surface area contributed by atoms with Crippen LogP contribution in [-0.2, 0) is 13.0 Å². The molecule has 2 aromatic carbocycles. The molecule has 4 aromatic rings. The second-order valence-electron chi connectivity index (χ2n) is 9.18. The number of fused-ring (bicyclic) bond motifs is 1. The lowest BCUT2D eigenvalue weighted by atomic mass is 9.77. The van der Waals surface area contributed by atoms with Crippen molar-refractivity contribution in [1.82, 2.24) is 19.4 Å². The summed E-state index contributed by atoms with van der Waals surface area (Å²) < 4.78 is 2.05. The average Bonchev–Trinajstić information content (AvgIpc) is 3.11. The molecule has 0 spiro atoms. The maximum Gasteiger partial charge on any atom is 0.229 e. The van der Waals surface area contributed by atoms with Crippen molar-refractivity contribution >= 4 is 34.1 Å². The molecule has 0 saturated heterocycles. The highest BCUT2D eigenvalue weighted by atomic mass is 35.5. The summed E-state index contributed by atoms with van der Waals surface area (Å²) in [5.41, 5.74) is 7.84. The minimum Gasteiger partial charge on any atom is -0.324 e. The summed E-state index contributed by atoms with van der Waals surface area (Å²) in [6.07, 6.45) is 7.48. The third-order valence-corrected chi connectivity index (χ3v) is 7.12. The molecule has 2 aliphatic rings. The van der Waals surface area contributed by atoms with Gasteiger partial charge in [0, 0.05) is 30.4 Å². The lowest BCUT2D eigenvalue weighted by Crippen LogP contribution is -2.33. The number of para-hydroxylation sites is 1. The molecule has 1 N–H and O–H groups in total. The predicted octanol–water partition coefficient (Wildman–Crippen LogP) is 5.99. The molecule has 3 heterocycles. The molecule has 5 nitrogen and oxygen atoms in total. The Bertz CT molecular complexity index is 1340. The number of nitrogens with one attached hydrogen (secondary N) is 1. The average molecular weight is 444 g/mol. The van der Waals surface area contributed by atoms with Gasteiger partial charge < -0.3 is 10.2 Å². The van der Waals surface area contributed by atoms with E-state index in [1.807, 2.05) is 6.07 Å². The lowest BCUT2D eigenvalue weighted by molar-refractivity contribution is 0.266. The van der Waals surface area contributed by atoms with Crippen LogP contribution in [-0.4, -0.2) is 33.0 Å². The molecular weight excluding hydrogens is 418 g/mol. The zero-order valence-electron chi connectivity index (χ0n) is 18.4. The first-order valence-electron chi connectivity index (χ1n) is 11.3. The standard InChI is InChI=1S/C26H26ClN5/c1-16-13-32(23-9-4-3-8-21(16)23)25-22(27)12-28-26(30-25)29-20-10-17-6-5-7-18-14-31(2)15-19(11-20)24(17)18/h3-4,8-13,18H,5-7,14-15H2,1-2H3,(H,28,29,30). The Kier molecular flexibility index (Phi) is 4.70. The second kappa shape index (κ2) is 7.61. The van der Waals surface area contributed by atoms with Crippen LogP contribution >= 0.6 is 11.6 Å². The Labute approximate surface area is 193 Å². The third kappa shape index (κ3) is 3.28. The molecule has 1 aliphatic heterocycles. The smallest absolute Gasteiger partial charge is 0.229 e. The van der Waals surface area contributed by atoms with Gasteiger partial charge in [-0.05, 0) is 79.6 Å². The molecule has 0 amide bonds. The molecule has 0 radical (unpaired) electrons. The summed E-state index contributed by atoms with van der Waals surface area (Å²) in [5.74, 6) is 1.92. The third-order valence-electron chi connectivity index (χ3n) is 6.85. The van der Waals surface area contributed by atoms with E-state index in [9.17, 15) is 0 Å². The van der Waals surface area contributed by atoms with E-state index >= 15 is 0 Å². The minimum atomic E-state index is 0.529. The zero-order chi connectivity index (χ0) is 21.8. The molecule has 32 heavy (non-hydrogen) atoms. The quantitative estimate of drug-likeness (QED) is 0.422. The fourth-order valence-electron chi connectivity index (χ4n) is 5.55. The van der Waals surface area contributed by atoms with Crippen LogP contribution in [0.5, 0.6) is 0 Å². The van der Waals surface area contributed by atoms with Crippen LogP contribution in [0.2, 0.25) is 5.02 Å². The molecule has 1 aliphatic carbocycles. The number of likely N-dealkylation sites (N-methyl/N-ethyl adjacent to an activating group) is 1. The van der Waals surface area contributed by atoms with Crippen molar-refractivity contribution in [3.8, 4) is 5.82 Å². The Hall–Kier alpha value is -2.89. The van der Waals surface area contributed by atoms with Gasteiger partial charge >= 0.3 is 0 Å². The van der Waals surface area contributed by atoms with Crippen molar-refractivity contribution in [2.75, 3.05) is 18.9 Å². The van der Waals surface area contributed by atoms with Crippen molar-refractivity contribution in [3.63, 3.8) is 0 Å². The van der Waals surface area contributed by atoms with Crippen LogP contribution < -0.4 is 5.32 Å². The molecule has 0 saturated carbocycles. The highest BCUT2D eigenvalue weighted by Gasteiger charge is 2.29. The lowest BCUT2D eigenvalue weighted by Gasteiger charge is -2.37. The van der Waals surface area contributed by atoms with Gasteiger partial charge in [0.1, 0.15) is 5.02 Å². The normalized spacial score (nSPS) is 18.0. The van der Waals surface area contributed by atoms with Gasteiger partial charge in [0.25, 0.3) is 0 Å². The summed E-state index contributed by atoms with van der Waals surface area (Å²) in [5, 5.41) is 5.19. The van der Waals surface area contributed by atoms with Gasteiger partial charge in [-0.3, -0.25) is 4.57 Å². The number of aryl methyl sites for hydroxylation is 2. The molecule has 6 rings (SSSR count). The maximum atomic E-state index is 6.55. The molecule has 0 fully saturated rings. The van der Waals surface area contributed by atoms with Gasteiger partial charge in [0.05, 0.1) is 11.7 Å². The van der Waals surface area contributed by atoms with E-state index in [2.05, 4.69) is 70.3 Å². The largest absolute Gasteiger partial charge is 0.324 e. The van der Waals surface area contributed by atoms with Crippen molar-refractivity contribution < 1.29 is 0 Å². The molecule has 1 atom stereocenters. The summed E-state index contributed by atoms with van der Waals surface area (Å²) in [7, 11) is 2.22. The van der Waals surface area contributed by atoms with Gasteiger partial charge in [-0.25, -0.2) is 4.98 Å². The SMILES string of the molecule is Cc1cn(-c2nc(Nc3cc4c5c(c3)CN(C)CC5CCC4)ncc2Cl)c2ccccc12. The number of benzene rings is 2. The summed E-state index contributed by atoms with van der Waals surface area (Å²) in [6, 6.07) is 12.9. The summed E-state index contributed by atoms with van der Waals surface area (Å²) in [6.45, 7) is 4.27. The fraction of sp³-hybridized carbons (Fsp3) is 0.308. The van der Waals surface area contributed by atoms with E-state index in [-0.39, 0.29) is 0 Å². The van der Waals surface area contributed by atoms with E-state index in [1.54, 1.807) is 11.8 Å². The number of hydrogen-bond acceptors (Lipinski definition) is 4. The molecular formula is C26H26ClN5. The number of aromatic nitrogens is 3. The topological polar surface area (TPSA) is 46.0 Å². The Morgan fingerprint density at radius 2 is 2.00 bits per heavy atom. The van der Waals surface area contributed by atoms with Gasteiger partial charge in [-0.15, -0.1) is 0 Å². The van der Waals surface area contributed by atoms with Crippen LogP contribution in [0.15, 0.2) is 48.8 Å². The highest BCUT2D eigenvalue weighted by molar-refractivity contribution is 6.32. The number of rotatable bonds is 3. The van der Waals surface area contributed by atoms with Crippen LogP contribution in [0.4, 0.5) is 11.6 Å². The second-order valence-corrected chi connectivity index (χ2v) is 9.59. The first kappa shape index (κ1) is 19.8. The summed E-state index contributed by atoms with van der Waals surface area (Å²) >= 11 is 6.55. The zero-order valence-corrected chi connectivity index (χ0v) is 19.2. The number of anilines is 2. The Balaban J connectivity index is 1.39. The van der Waals surface area contributed by atoms with Crippen molar-refractivity contribution in [2.24, 2.45) is 0 Å². The molecule has 162 valence electrons. The molecule has 6 heteroatoms. The number of nitrogens with zero attached hydrogens (tertiary/aromatic N) is 4. The van der Waals surface area contributed by atoms with Crippen LogP contribution in [0.1, 0.15) is 41.0 Å². The molecule has 2 aromatic heterocycles. The van der Waals surface area contributed by atoms with Crippen molar-refractivity contribution in [3.05, 3.63) is 76.1 Å². The first-order valence-corrected chi connectivity index (χ1v) is 11.7. The number of halogens is 1. The van der Waals surface area contributed by atoms with Crippen molar-refractivity contribution in [1.29, 1.82) is 0 Å². The van der Waals surface area contributed by atoms with Gasteiger partial charge in [-0.2, -0.15) is 4.98 Å². The van der Waals surface area contributed by atoms with Crippen LogP contribution in [0.25, 0.3) is 16.7 Å². The van der Waals surface area contributed by atoms with E-state index in [0.29, 0.717) is 22.7 Å². The fourth-order valence-corrected chi connectivity index (χ4v) is 5.73. The summed E-state index contributed by atoms with van der Waals surface area (Å²) in [4.78, 5) is 11.7. The monoisotopic (exact) mass is 443 g/mol. The van der Waals surface area contributed by atoms with E-state index in [0.717, 1.165) is 24.2 Å². The first-order chi connectivity index (χ1) is 15.6. The predicted molar refractivity (Wildman–Crippen MR) is 130 cm³/mol. The minimum absolute atomic E-state index is 0.529. The molecule has 0 bridgehead atoms. The maximum absolute atomic E-state index is 6.55. The van der Waals surface area contributed by atoms with E-state index in [4.69, 9.17) is 16.6 Å². The van der Waals surface area contributed by atoms with E-state index in [1.165, 1.54) is 41.5 Å². The van der Waals surface area contributed by atoms with Gasteiger partial charge in [-0.1, -0.05) is 29.8 Å². The van der Waals surface area contributed by atoms with E-state index < -0.39 is 0 Å². The Morgan fingerprint density at radius 1 is 1.16 bits per heavy atom. The van der Waals surface area contributed by atoms with Crippen LogP contribution in [0, 0.1) is 6.92 Å². The highest BCUT2D eigenvalue weighted by Crippen LogP contribution is 2.40. The van der Waals surface area contributed by atoms with Crippen LogP contribution in [0.3, 0.4) is 0 Å².